The van der Waals surface area contributed by atoms with Gasteiger partial charge in [-0.05, 0) is 31.0 Å². The predicted molar refractivity (Wildman–Crippen MR) is 98.0 cm³/mol. The molecule has 0 atom stereocenters. The summed E-state index contributed by atoms with van der Waals surface area (Å²) in [5.74, 6) is -0.519. The number of ether oxygens (including phenoxy) is 1. The minimum Gasteiger partial charge on any atom is -0.450 e. The molecule has 7 nitrogen and oxygen atoms in total. The van der Waals surface area contributed by atoms with Crippen molar-refractivity contribution in [2.45, 2.75) is 19.8 Å². The summed E-state index contributed by atoms with van der Waals surface area (Å²) >= 11 is 5.83. The number of carbonyl (C=O) groups is 3. The Balaban J connectivity index is 1.66. The average Bonchev–Trinajstić information content (AvgIpc) is 2.63. The lowest BCUT2D eigenvalue weighted by Crippen LogP contribution is -2.51. The van der Waals surface area contributed by atoms with E-state index in [4.69, 9.17) is 16.3 Å². The molecule has 0 aromatic heterocycles. The zero-order valence-corrected chi connectivity index (χ0v) is 15.6. The van der Waals surface area contributed by atoms with Crippen molar-refractivity contribution in [3.63, 3.8) is 0 Å². The van der Waals surface area contributed by atoms with Crippen molar-refractivity contribution < 1.29 is 19.1 Å². The van der Waals surface area contributed by atoms with Gasteiger partial charge in [0.1, 0.15) is 6.42 Å². The van der Waals surface area contributed by atoms with E-state index >= 15 is 0 Å². The molecule has 0 spiro atoms. The van der Waals surface area contributed by atoms with Crippen molar-refractivity contribution in [1.29, 1.82) is 0 Å². The maximum absolute atomic E-state index is 12.2. The molecule has 1 N–H and O–H groups in total. The lowest BCUT2D eigenvalue weighted by molar-refractivity contribution is -0.137. The van der Waals surface area contributed by atoms with E-state index in [1.165, 1.54) is 0 Å². The van der Waals surface area contributed by atoms with E-state index in [2.05, 4.69) is 5.32 Å². The highest BCUT2D eigenvalue weighted by Crippen LogP contribution is 2.09. The highest BCUT2D eigenvalue weighted by Gasteiger charge is 2.25. The minimum atomic E-state index is -0.362. The molecule has 0 unspecified atom stereocenters. The zero-order valence-electron chi connectivity index (χ0n) is 14.9. The first-order valence-corrected chi connectivity index (χ1v) is 9.08. The van der Waals surface area contributed by atoms with E-state index in [9.17, 15) is 14.4 Å². The SMILES string of the molecule is CCOC(=O)N1CCN(C(=O)CC(=O)NCCc2ccc(Cl)cc2)CC1. The van der Waals surface area contributed by atoms with Crippen molar-refractivity contribution in [3.05, 3.63) is 34.9 Å². The highest BCUT2D eigenvalue weighted by atomic mass is 35.5. The van der Waals surface area contributed by atoms with Crippen LogP contribution in [0.15, 0.2) is 24.3 Å². The van der Waals surface area contributed by atoms with Crippen molar-refractivity contribution in [3.8, 4) is 0 Å². The molecule has 1 aliphatic heterocycles. The van der Waals surface area contributed by atoms with Gasteiger partial charge in [-0.1, -0.05) is 23.7 Å². The van der Waals surface area contributed by atoms with Crippen LogP contribution in [0.1, 0.15) is 18.9 Å². The van der Waals surface area contributed by atoms with Crippen LogP contribution >= 0.6 is 11.6 Å². The molecular weight excluding hydrogens is 358 g/mol. The summed E-state index contributed by atoms with van der Waals surface area (Å²) in [6.07, 6.45) is 0.134. The summed E-state index contributed by atoms with van der Waals surface area (Å²) in [7, 11) is 0. The van der Waals surface area contributed by atoms with E-state index in [0.29, 0.717) is 50.8 Å². The molecule has 8 heteroatoms. The summed E-state index contributed by atoms with van der Waals surface area (Å²) in [5, 5.41) is 3.43. The highest BCUT2D eigenvalue weighted by molar-refractivity contribution is 6.30. The fourth-order valence-electron chi connectivity index (χ4n) is 2.66. The monoisotopic (exact) mass is 381 g/mol. The third-order valence-electron chi connectivity index (χ3n) is 4.12. The predicted octanol–water partition coefficient (Wildman–Crippen LogP) is 1.69. The number of carbonyl (C=O) groups excluding carboxylic acids is 3. The molecule has 1 fully saturated rings. The third-order valence-corrected chi connectivity index (χ3v) is 4.37. The Morgan fingerprint density at radius 2 is 1.69 bits per heavy atom. The van der Waals surface area contributed by atoms with Crippen LogP contribution in [-0.4, -0.2) is 67.0 Å². The summed E-state index contributed by atoms with van der Waals surface area (Å²) in [4.78, 5) is 38.9. The van der Waals surface area contributed by atoms with Gasteiger partial charge in [0, 0.05) is 37.7 Å². The molecule has 2 rings (SSSR count). The number of nitrogens with one attached hydrogen (secondary N) is 1. The summed E-state index contributed by atoms with van der Waals surface area (Å²) in [6, 6.07) is 7.42. The molecule has 1 saturated heterocycles. The molecular formula is C18H24ClN3O4. The van der Waals surface area contributed by atoms with Gasteiger partial charge >= 0.3 is 6.09 Å². The van der Waals surface area contributed by atoms with Gasteiger partial charge in [-0.3, -0.25) is 9.59 Å². The largest absolute Gasteiger partial charge is 0.450 e. The first kappa shape index (κ1) is 20.0. The Bertz CT molecular complexity index is 628. The average molecular weight is 382 g/mol. The molecule has 1 aliphatic rings. The molecule has 0 bridgehead atoms. The molecule has 142 valence electrons. The first-order valence-electron chi connectivity index (χ1n) is 8.70. The van der Waals surface area contributed by atoms with E-state index in [1.54, 1.807) is 28.9 Å². The Morgan fingerprint density at radius 3 is 2.31 bits per heavy atom. The van der Waals surface area contributed by atoms with Crippen LogP contribution in [0.5, 0.6) is 0 Å². The zero-order chi connectivity index (χ0) is 18.9. The summed E-state index contributed by atoms with van der Waals surface area (Å²) in [5.41, 5.74) is 1.07. The lowest BCUT2D eigenvalue weighted by Gasteiger charge is -2.34. The number of nitrogens with zero attached hydrogens (tertiary/aromatic N) is 2. The van der Waals surface area contributed by atoms with Crippen LogP contribution in [0.25, 0.3) is 0 Å². The van der Waals surface area contributed by atoms with Crippen LogP contribution in [0.2, 0.25) is 5.02 Å². The van der Waals surface area contributed by atoms with Crippen LogP contribution in [-0.2, 0) is 20.7 Å². The Hall–Kier alpha value is -2.28. The number of amides is 3. The molecule has 3 amide bonds. The van der Waals surface area contributed by atoms with Gasteiger partial charge in [-0.2, -0.15) is 0 Å². The number of halogens is 1. The van der Waals surface area contributed by atoms with E-state index < -0.39 is 0 Å². The maximum Gasteiger partial charge on any atom is 0.409 e. The van der Waals surface area contributed by atoms with E-state index in [0.717, 1.165) is 5.56 Å². The van der Waals surface area contributed by atoms with Crippen molar-refractivity contribution >= 4 is 29.5 Å². The molecule has 0 aliphatic carbocycles. The number of hydrogen-bond acceptors (Lipinski definition) is 4. The molecule has 0 saturated carbocycles. The fraction of sp³-hybridized carbons (Fsp3) is 0.500. The Kier molecular flexibility index (Phi) is 7.72. The van der Waals surface area contributed by atoms with Crippen LogP contribution in [0.3, 0.4) is 0 Å². The summed E-state index contributed by atoms with van der Waals surface area (Å²) in [6.45, 7) is 4.21. The number of benzene rings is 1. The first-order chi connectivity index (χ1) is 12.5. The van der Waals surface area contributed by atoms with Gasteiger partial charge in [0.05, 0.1) is 6.61 Å². The number of hydrogen-bond donors (Lipinski definition) is 1. The quantitative estimate of drug-likeness (QED) is 0.760. The van der Waals surface area contributed by atoms with Crippen LogP contribution < -0.4 is 5.32 Å². The summed E-state index contributed by atoms with van der Waals surface area (Å²) < 4.78 is 4.94. The van der Waals surface area contributed by atoms with E-state index in [1.807, 2.05) is 12.1 Å². The Labute approximate surface area is 158 Å². The van der Waals surface area contributed by atoms with Crippen molar-refractivity contribution in [2.75, 3.05) is 39.3 Å². The van der Waals surface area contributed by atoms with Crippen molar-refractivity contribution in [2.24, 2.45) is 0 Å². The maximum atomic E-state index is 12.2. The second-order valence-electron chi connectivity index (χ2n) is 5.97. The van der Waals surface area contributed by atoms with Crippen LogP contribution in [0, 0.1) is 0 Å². The number of rotatable bonds is 6. The van der Waals surface area contributed by atoms with Crippen molar-refractivity contribution in [1.82, 2.24) is 15.1 Å². The Morgan fingerprint density at radius 1 is 1.08 bits per heavy atom. The second kappa shape index (κ2) is 10.0. The minimum absolute atomic E-state index is 0.181. The van der Waals surface area contributed by atoms with Crippen LogP contribution in [0.4, 0.5) is 4.79 Å². The second-order valence-corrected chi connectivity index (χ2v) is 6.41. The smallest absolute Gasteiger partial charge is 0.409 e. The molecule has 0 radical (unpaired) electrons. The van der Waals surface area contributed by atoms with Gasteiger partial charge in [0.2, 0.25) is 11.8 Å². The van der Waals surface area contributed by atoms with Gasteiger partial charge < -0.3 is 19.9 Å². The van der Waals surface area contributed by atoms with Gasteiger partial charge in [0.15, 0.2) is 0 Å². The standard InChI is InChI=1S/C18H24ClN3O4/c1-2-26-18(25)22-11-9-21(10-12-22)17(24)13-16(23)20-8-7-14-3-5-15(19)6-4-14/h3-6H,2,7-13H2,1H3,(H,20,23). The fourth-order valence-corrected chi connectivity index (χ4v) is 2.79. The third kappa shape index (κ3) is 6.22. The topological polar surface area (TPSA) is 79.0 Å². The normalized spacial score (nSPS) is 14.1. The van der Waals surface area contributed by atoms with E-state index in [-0.39, 0.29) is 24.3 Å². The van der Waals surface area contributed by atoms with Gasteiger partial charge in [0.25, 0.3) is 0 Å². The van der Waals surface area contributed by atoms with Gasteiger partial charge in [-0.25, -0.2) is 4.79 Å². The molecule has 1 aromatic carbocycles. The lowest BCUT2D eigenvalue weighted by atomic mass is 10.1. The molecule has 1 heterocycles. The number of piperazine rings is 1. The molecule has 1 aromatic rings. The van der Waals surface area contributed by atoms with Gasteiger partial charge in [-0.15, -0.1) is 0 Å². The molecule has 26 heavy (non-hydrogen) atoms.